The van der Waals surface area contributed by atoms with Crippen LogP contribution in [-0.2, 0) is 11.0 Å². The molecule has 0 spiro atoms. The third-order valence-corrected chi connectivity index (χ3v) is 5.42. The first-order valence-corrected chi connectivity index (χ1v) is 9.64. The van der Waals surface area contributed by atoms with Crippen molar-refractivity contribution in [3.63, 3.8) is 0 Å². The summed E-state index contributed by atoms with van der Waals surface area (Å²) in [6.07, 6.45) is -2.58. The lowest BCUT2D eigenvalue weighted by atomic mass is 9.90. The van der Waals surface area contributed by atoms with Crippen molar-refractivity contribution in [2.45, 2.75) is 37.5 Å². The molecule has 1 saturated heterocycles. The molecule has 0 bridgehead atoms. The van der Waals surface area contributed by atoms with Crippen molar-refractivity contribution in [2.75, 3.05) is 20.8 Å². The van der Waals surface area contributed by atoms with Crippen LogP contribution in [0, 0.1) is 0 Å². The molecule has 0 aromatic heterocycles. The van der Waals surface area contributed by atoms with Gasteiger partial charge in [-0.2, -0.15) is 13.2 Å². The molecule has 8 heteroatoms. The Bertz CT molecular complexity index is 900. The van der Waals surface area contributed by atoms with Gasteiger partial charge >= 0.3 is 12.1 Å². The molecule has 1 heterocycles. The number of methoxy groups -OCH3 is 2. The smallest absolute Gasteiger partial charge is 0.416 e. The van der Waals surface area contributed by atoms with Gasteiger partial charge in [0.05, 0.1) is 25.8 Å². The van der Waals surface area contributed by atoms with Crippen LogP contribution >= 0.6 is 0 Å². The molecule has 1 aliphatic heterocycles. The summed E-state index contributed by atoms with van der Waals surface area (Å²) >= 11 is 0. The molecule has 2 aromatic carbocycles. The lowest BCUT2D eigenvalue weighted by Crippen LogP contribution is -2.47. The fourth-order valence-electron chi connectivity index (χ4n) is 4.02. The Balaban J connectivity index is 2.21. The van der Waals surface area contributed by atoms with E-state index in [1.54, 1.807) is 29.2 Å². The van der Waals surface area contributed by atoms with Gasteiger partial charge in [-0.1, -0.05) is 18.6 Å². The maximum absolute atomic E-state index is 13.4. The van der Waals surface area contributed by atoms with Crippen molar-refractivity contribution in [1.82, 2.24) is 4.90 Å². The number of piperidine rings is 1. The van der Waals surface area contributed by atoms with Gasteiger partial charge in [0.1, 0.15) is 17.5 Å². The van der Waals surface area contributed by atoms with E-state index in [1.807, 2.05) is 0 Å². The molecule has 1 fully saturated rings. The predicted octanol–water partition coefficient (Wildman–Crippen LogP) is 4.75. The Morgan fingerprint density at radius 2 is 1.90 bits per heavy atom. The van der Waals surface area contributed by atoms with Crippen molar-refractivity contribution in [3.8, 4) is 11.5 Å². The summed E-state index contributed by atoms with van der Waals surface area (Å²) < 4.78 is 51.0. The average molecular weight is 423 g/mol. The zero-order valence-electron chi connectivity index (χ0n) is 16.8. The summed E-state index contributed by atoms with van der Waals surface area (Å²) in [5.74, 6) is -0.0341. The summed E-state index contributed by atoms with van der Waals surface area (Å²) in [5.41, 5.74) is 0.129. The van der Waals surface area contributed by atoms with E-state index >= 15 is 0 Å². The van der Waals surface area contributed by atoms with Gasteiger partial charge in [0, 0.05) is 5.56 Å². The first-order valence-electron chi connectivity index (χ1n) is 9.64. The van der Waals surface area contributed by atoms with Crippen molar-refractivity contribution in [3.05, 3.63) is 59.2 Å². The lowest BCUT2D eigenvalue weighted by Gasteiger charge is -2.40. The van der Waals surface area contributed by atoms with E-state index in [0.717, 1.165) is 25.0 Å². The minimum Gasteiger partial charge on any atom is -0.497 e. The van der Waals surface area contributed by atoms with Gasteiger partial charge in [0.25, 0.3) is 0 Å². The van der Waals surface area contributed by atoms with Crippen molar-refractivity contribution in [1.29, 1.82) is 0 Å². The van der Waals surface area contributed by atoms with E-state index in [1.165, 1.54) is 20.3 Å². The Kier molecular flexibility index (Phi) is 6.55. The molecule has 0 aliphatic carbocycles. The van der Waals surface area contributed by atoms with E-state index in [2.05, 4.69) is 0 Å². The number of carboxylic acids is 1. The van der Waals surface area contributed by atoms with Crippen molar-refractivity contribution < 1.29 is 32.5 Å². The quantitative estimate of drug-likeness (QED) is 0.727. The molecule has 0 amide bonds. The Labute approximate surface area is 173 Å². The molecule has 2 aromatic rings. The average Bonchev–Trinajstić information content (AvgIpc) is 2.73. The van der Waals surface area contributed by atoms with E-state index in [4.69, 9.17) is 9.47 Å². The van der Waals surface area contributed by atoms with Gasteiger partial charge in [-0.3, -0.25) is 9.69 Å². The lowest BCUT2D eigenvalue weighted by molar-refractivity contribution is -0.145. The summed E-state index contributed by atoms with van der Waals surface area (Å²) in [4.78, 5) is 13.7. The summed E-state index contributed by atoms with van der Waals surface area (Å²) in [6.45, 7) is 0.443. The number of halogens is 3. The number of hydrogen-bond acceptors (Lipinski definition) is 4. The molecule has 3 rings (SSSR count). The van der Waals surface area contributed by atoms with Crippen LogP contribution in [0.3, 0.4) is 0 Å². The first-order chi connectivity index (χ1) is 14.3. The maximum Gasteiger partial charge on any atom is 0.416 e. The van der Waals surface area contributed by atoms with Crippen LogP contribution in [0.15, 0.2) is 42.5 Å². The van der Waals surface area contributed by atoms with Crippen LogP contribution < -0.4 is 9.47 Å². The van der Waals surface area contributed by atoms with E-state index in [9.17, 15) is 23.1 Å². The Morgan fingerprint density at radius 1 is 1.13 bits per heavy atom. The van der Waals surface area contributed by atoms with Crippen LogP contribution in [0.4, 0.5) is 13.2 Å². The highest BCUT2D eigenvalue weighted by molar-refractivity contribution is 5.74. The highest BCUT2D eigenvalue weighted by Crippen LogP contribution is 2.41. The number of carboxylic acid groups (broad SMARTS) is 1. The van der Waals surface area contributed by atoms with Gasteiger partial charge in [-0.05, 0) is 55.3 Å². The SMILES string of the molecule is COc1ccc(OC)c(C(c2cccc(C(F)(F)F)c2)N2CCCCC2C(=O)O)c1. The Morgan fingerprint density at radius 3 is 2.53 bits per heavy atom. The number of ether oxygens (including phenoxy) is 2. The third-order valence-electron chi connectivity index (χ3n) is 5.42. The molecule has 1 aliphatic rings. The summed E-state index contributed by atoms with van der Waals surface area (Å²) in [5, 5.41) is 9.78. The second-order valence-corrected chi connectivity index (χ2v) is 7.22. The Hall–Kier alpha value is -2.74. The molecule has 2 unspecified atom stereocenters. The molecule has 0 saturated carbocycles. The van der Waals surface area contributed by atoms with Gasteiger partial charge in [0.2, 0.25) is 0 Å². The van der Waals surface area contributed by atoms with Crippen LogP contribution in [-0.4, -0.2) is 42.8 Å². The first kappa shape index (κ1) is 22.0. The monoisotopic (exact) mass is 423 g/mol. The molecule has 162 valence electrons. The minimum atomic E-state index is -4.51. The predicted molar refractivity (Wildman–Crippen MR) is 105 cm³/mol. The van der Waals surface area contributed by atoms with Gasteiger partial charge in [0.15, 0.2) is 0 Å². The molecule has 0 radical (unpaired) electrons. The van der Waals surface area contributed by atoms with Crippen molar-refractivity contribution >= 4 is 5.97 Å². The minimum absolute atomic E-state index is 0.351. The summed E-state index contributed by atoms with van der Waals surface area (Å²) in [7, 11) is 2.96. The molecule has 1 N–H and O–H groups in total. The third kappa shape index (κ3) is 4.53. The normalized spacial score (nSPS) is 18.6. The number of rotatable bonds is 6. The number of nitrogens with zero attached hydrogens (tertiary/aromatic N) is 1. The highest BCUT2D eigenvalue weighted by atomic mass is 19.4. The van der Waals surface area contributed by atoms with Gasteiger partial charge < -0.3 is 14.6 Å². The van der Waals surface area contributed by atoms with Crippen LogP contribution in [0.5, 0.6) is 11.5 Å². The number of alkyl halides is 3. The molecular weight excluding hydrogens is 399 g/mol. The van der Waals surface area contributed by atoms with Gasteiger partial charge in [-0.25, -0.2) is 0 Å². The zero-order valence-corrected chi connectivity index (χ0v) is 16.8. The topological polar surface area (TPSA) is 59.0 Å². The van der Waals surface area contributed by atoms with Gasteiger partial charge in [-0.15, -0.1) is 0 Å². The number of likely N-dealkylation sites (tertiary alicyclic amines) is 1. The number of aliphatic carboxylic acids is 1. The second kappa shape index (κ2) is 8.95. The zero-order chi connectivity index (χ0) is 21.9. The fourth-order valence-corrected chi connectivity index (χ4v) is 4.02. The molecular formula is C22H24F3NO4. The molecule has 2 atom stereocenters. The highest BCUT2D eigenvalue weighted by Gasteiger charge is 2.38. The van der Waals surface area contributed by atoms with Crippen LogP contribution in [0.2, 0.25) is 0 Å². The van der Waals surface area contributed by atoms with Crippen LogP contribution in [0.1, 0.15) is 42.0 Å². The molecule has 30 heavy (non-hydrogen) atoms. The summed E-state index contributed by atoms with van der Waals surface area (Å²) in [6, 6.07) is 8.53. The molecule has 5 nitrogen and oxygen atoms in total. The van der Waals surface area contributed by atoms with E-state index < -0.39 is 29.8 Å². The van der Waals surface area contributed by atoms with Crippen molar-refractivity contribution in [2.24, 2.45) is 0 Å². The van der Waals surface area contributed by atoms with Crippen LogP contribution in [0.25, 0.3) is 0 Å². The second-order valence-electron chi connectivity index (χ2n) is 7.22. The maximum atomic E-state index is 13.4. The standard InChI is InChI=1S/C22H24F3NO4/c1-29-16-9-10-19(30-2)17(13-16)20(26-11-4-3-8-18(26)21(27)28)14-6-5-7-15(12-14)22(23,24)25/h5-7,9-10,12-13,18,20H,3-4,8,11H2,1-2H3,(H,27,28). The number of carbonyl (C=O) groups is 1. The number of hydrogen-bond donors (Lipinski definition) is 1. The van der Waals surface area contributed by atoms with E-state index in [0.29, 0.717) is 35.6 Å². The van der Waals surface area contributed by atoms with E-state index in [-0.39, 0.29) is 0 Å². The number of benzene rings is 2. The largest absolute Gasteiger partial charge is 0.497 e. The fraction of sp³-hybridized carbons (Fsp3) is 0.409.